The molecule has 0 spiro atoms. The van der Waals surface area contributed by atoms with E-state index in [4.69, 9.17) is 4.98 Å². The minimum absolute atomic E-state index is 0.792. The van der Waals surface area contributed by atoms with E-state index < -0.39 is 0 Å². The molecule has 1 aromatic carbocycles. The zero-order valence-electron chi connectivity index (χ0n) is 14.5. The van der Waals surface area contributed by atoms with Crippen LogP contribution in [0.5, 0.6) is 0 Å². The minimum atomic E-state index is 0.792. The summed E-state index contributed by atoms with van der Waals surface area (Å²) >= 11 is 5.04. The lowest BCUT2D eigenvalue weighted by Gasteiger charge is -2.01. The molecule has 0 aliphatic heterocycles. The van der Waals surface area contributed by atoms with Gasteiger partial charge in [0.05, 0.1) is 10.6 Å². The third-order valence-corrected chi connectivity index (χ3v) is 6.95. The van der Waals surface area contributed by atoms with Crippen molar-refractivity contribution in [3.05, 3.63) is 58.4 Å². The van der Waals surface area contributed by atoms with Gasteiger partial charge in [0.15, 0.2) is 11.0 Å². The lowest BCUT2D eigenvalue weighted by molar-refractivity contribution is 0.794. The summed E-state index contributed by atoms with van der Waals surface area (Å²) in [5.74, 6) is 1.71. The monoisotopic (exact) mass is 398 g/mol. The van der Waals surface area contributed by atoms with E-state index in [0.717, 1.165) is 38.7 Å². The summed E-state index contributed by atoms with van der Waals surface area (Å²) in [6.45, 7) is 2.17. The van der Waals surface area contributed by atoms with Crippen LogP contribution in [0.2, 0.25) is 0 Å². The Morgan fingerprint density at radius 3 is 2.65 bits per heavy atom. The van der Waals surface area contributed by atoms with Crippen molar-refractivity contribution in [1.29, 1.82) is 0 Å². The predicted molar refractivity (Wildman–Crippen MR) is 111 cm³/mol. The second-order valence-electron chi connectivity index (χ2n) is 5.83. The first-order chi connectivity index (χ1) is 12.7. The van der Waals surface area contributed by atoms with Gasteiger partial charge in [-0.2, -0.15) is 0 Å². The standard InChI is InChI=1S/C19H18N4S3/c1-3-13-6-8-14(9-7-13)18-20-15(11-25-18)12-26-19-22-21-17(23(19)2)16-5-4-10-24-16/h4-11H,3,12H2,1-2H3. The van der Waals surface area contributed by atoms with E-state index in [-0.39, 0.29) is 0 Å². The Bertz CT molecular complexity index is 984. The molecule has 26 heavy (non-hydrogen) atoms. The number of hydrogen-bond donors (Lipinski definition) is 0. The number of nitrogens with zero attached hydrogens (tertiary/aromatic N) is 4. The SMILES string of the molecule is CCc1ccc(-c2nc(CSc3nnc(-c4cccs4)n3C)cs2)cc1. The molecule has 4 nitrogen and oxygen atoms in total. The van der Waals surface area contributed by atoms with Gasteiger partial charge in [-0.05, 0) is 23.4 Å². The van der Waals surface area contributed by atoms with Crippen LogP contribution in [0.1, 0.15) is 18.2 Å². The molecule has 0 bridgehead atoms. The topological polar surface area (TPSA) is 43.6 Å². The average molecular weight is 399 g/mol. The van der Waals surface area contributed by atoms with E-state index in [1.54, 1.807) is 34.4 Å². The van der Waals surface area contributed by atoms with Crippen molar-refractivity contribution in [2.45, 2.75) is 24.3 Å². The predicted octanol–water partition coefficient (Wildman–Crippen LogP) is 5.52. The van der Waals surface area contributed by atoms with Gasteiger partial charge in [-0.15, -0.1) is 32.9 Å². The Balaban J connectivity index is 1.45. The Morgan fingerprint density at radius 1 is 1.08 bits per heavy atom. The highest BCUT2D eigenvalue weighted by atomic mass is 32.2. The molecule has 0 saturated heterocycles. The first-order valence-electron chi connectivity index (χ1n) is 8.34. The maximum atomic E-state index is 4.78. The summed E-state index contributed by atoms with van der Waals surface area (Å²) in [5.41, 5.74) is 3.61. The molecule has 132 valence electrons. The van der Waals surface area contributed by atoms with Crippen LogP contribution in [0, 0.1) is 0 Å². The third kappa shape index (κ3) is 3.60. The molecular formula is C19H18N4S3. The van der Waals surface area contributed by atoms with Crippen LogP contribution < -0.4 is 0 Å². The van der Waals surface area contributed by atoms with Gasteiger partial charge < -0.3 is 4.57 Å². The molecule has 4 rings (SSSR count). The normalized spacial score (nSPS) is 11.2. The summed E-state index contributed by atoms with van der Waals surface area (Å²) in [4.78, 5) is 5.92. The second kappa shape index (κ2) is 7.73. The van der Waals surface area contributed by atoms with Crippen molar-refractivity contribution >= 4 is 34.4 Å². The third-order valence-electron chi connectivity index (χ3n) is 4.09. The first-order valence-corrected chi connectivity index (χ1v) is 11.1. The molecular weight excluding hydrogens is 380 g/mol. The van der Waals surface area contributed by atoms with Gasteiger partial charge in [-0.1, -0.05) is 49.0 Å². The Kier molecular flexibility index (Phi) is 5.19. The van der Waals surface area contributed by atoms with Gasteiger partial charge >= 0.3 is 0 Å². The number of aryl methyl sites for hydroxylation is 1. The summed E-state index contributed by atoms with van der Waals surface area (Å²) in [5, 5.41) is 14.8. The highest BCUT2D eigenvalue weighted by molar-refractivity contribution is 7.98. The smallest absolute Gasteiger partial charge is 0.191 e. The minimum Gasteiger partial charge on any atom is -0.304 e. The van der Waals surface area contributed by atoms with E-state index in [1.807, 2.05) is 17.7 Å². The first kappa shape index (κ1) is 17.5. The van der Waals surface area contributed by atoms with Crippen molar-refractivity contribution in [3.8, 4) is 21.3 Å². The van der Waals surface area contributed by atoms with Gasteiger partial charge in [-0.25, -0.2) is 4.98 Å². The molecule has 0 N–H and O–H groups in total. The van der Waals surface area contributed by atoms with Gasteiger partial charge in [0.1, 0.15) is 5.01 Å². The van der Waals surface area contributed by atoms with Crippen LogP contribution in [0.15, 0.2) is 52.3 Å². The Morgan fingerprint density at radius 2 is 1.92 bits per heavy atom. The molecule has 3 heterocycles. The van der Waals surface area contributed by atoms with Crippen LogP contribution in [0.3, 0.4) is 0 Å². The number of aromatic nitrogens is 4. The number of rotatable bonds is 6. The fraction of sp³-hybridized carbons (Fsp3) is 0.211. The number of thiazole rings is 1. The maximum absolute atomic E-state index is 4.78. The van der Waals surface area contributed by atoms with Gasteiger partial charge in [0, 0.05) is 23.7 Å². The van der Waals surface area contributed by atoms with Crippen molar-refractivity contribution in [2.75, 3.05) is 0 Å². The van der Waals surface area contributed by atoms with E-state index in [2.05, 4.69) is 58.2 Å². The molecule has 3 aromatic heterocycles. The number of thioether (sulfide) groups is 1. The number of benzene rings is 1. The molecule has 0 amide bonds. The van der Waals surface area contributed by atoms with Crippen LogP contribution in [0.4, 0.5) is 0 Å². The summed E-state index contributed by atoms with van der Waals surface area (Å²) < 4.78 is 2.05. The zero-order chi connectivity index (χ0) is 17.9. The van der Waals surface area contributed by atoms with Gasteiger partial charge in [0.25, 0.3) is 0 Å². The molecule has 4 aromatic rings. The van der Waals surface area contributed by atoms with Crippen LogP contribution in [0.25, 0.3) is 21.3 Å². The Labute approximate surface area is 165 Å². The fourth-order valence-corrected chi connectivity index (χ4v) is 5.07. The molecule has 0 unspecified atom stereocenters. The highest BCUT2D eigenvalue weighted by Gasteiger charge is 2.13. The van der Waals surface area contributed by atoms with E-state index in [9.17, 15) is 0 Å². The summed E-state index contributed by atoms with van der Waals surface area (Å²) in [6.07, 6.45) is 1.06. The molecule has 0 radical (unpaired) electrons. The van der Waals surface area contributed by atoms with Crippen LogP contribution >= 0.6 is 34.4 Å². The van der Waals surface area contributed by atoms with Gasteiger partial charge in [-0.3, -0.25) is 0 Å². The lowest BCUT2D eigenvalue weighted by atomic mass is 10.1. The molecule has 0 aliphatic carbocycles. The zero-order valence-corrected chi connectivity index (χ0v) is 17.0. The summed E-state index contributed by atoms with van der Waals surface area (Å²) in [6, 6.07) is 12.8. The molecule has 0 atom stereocenters. The van der Waals surface area contributed by atoms with Crippen LogP contribution in [-0.4, -0.2) is 19.7 Å². The summed E-state index contributed by atoms with van der Waals surface area (Å²) in [7, 11) is 2.01. The van der Waals surface area contributed by atoms with Crippen molar-refractivity contribution in [2.24, 2.45) is 7.05 Å². The average Bonchev–Trinajstić information content (AvgIpc) is 3.41. The van der Waals surface area contributed by atoms with Crippen molar-refractivity contribution in [3.63, 3.8) is 0 Å². The lowest BCUT2D eigenvalue weighted by Crippen LogP contribution is -1.94. The largest absolute Gasteiger partial charge is 0.304 e. The quantitative estimate of drug-likeness (QED) is 0.401. The van der Waals surface area contributed by atoms with Crippen molar-refractivity contribution < 1.29 is 0 Å². The van der Waals surface area contributed by atoms with E-state index >= 15 is 0 Å². The van der Waals surface area contributed by atoms with Gasteiger partial charge in [0.2, 0.25) is 0 Å². The van der Waals surface area contributed by atoms with E-state index in [0.29, 0.717) is 0 Å². The molecule has 7 heteroatoms. The molecule has 0 aliphatic rings. The molecule has 0 saturated carbocycles. The number of hydrogen-bond acceptors (Lipinski definition) is 6. The highest BCUT2D eigenvalue weighted by Crippen LogP contribution is 2.30. The molecule has 0 fully saturated rings. The fourth-order valence-electron chi connectivity index (χ4n) is 2.59. The van der Waals surface area contributed by atoms with Crippen molar-refractivity contribution in [1.82, 2.24) is 19.7 Å². The van der Waals surface area contributed by atoms with E-state index in [1.165, 1.54) is 11.1 Å². The second-order valence-corrected chi connectivity index (χ2v) is 8.57. The maximum Gasteiger partial charge on any atom is 0.191 e. The van der Waals surface area contributed by atoms with Crippen LogP contribution in [-0.2, 0) is 19.2 Å². The Hall–Kier alpha value is -1.96. The number of thiophene rings is 1.